The number of epoxide rings is 1. The van der Waals surface area contributed by atoms with Gasteiger partial charge in [0.1, 0.15) is 6.61 Å². The smallest absolute Gasteiger partial charge is 0.462 e. The molecule has 0 amide bonds. The molecule has 1 saturated heterocycles. The first-order chi connectivity index (χ1) is 24.2. The molecule has 0 aromatic rings. The third-order valence-corrected chi connectivity index (χ3v) is 9.30. The van der Waals surface area contributed by atoms with Gasteiger partial charge in [-0.05, 0) is 51.4 Å². The van der Waals surface area contributed by atoms with Crippen LogP contribution in [0.5, 0.6) is 0 Å². The minimum Gasteiger partial charge on any atom is -0.462 e. The van der Waals surface area contributed by atoms with Crippen LogP contribution in [0.2, 0.25) is 0 Å². The molecule has 50 heavy (non-hydrogen) atoms. The number of carbonyl (C=O) groups is 2. The molecule has 0 radical (unpaired) electrons. The van der Waals surface area contributed by atoms with E-state index in [9.17, 15) is 14.2 Å². The fourth-order valence-electron chi connectivity index (χ4n) is 5.70. The van der Waals surface area contributed by atoms with Crippen molar-refractivity contribution in [3.8, 4) is 0 Å². The van der Waals surface area contributed by atoms with Crippen molar-refractivity contribution in [3.05, 3.63) is 36.5 Å². The predicted molar refractivity (Wildman–Crippen MR) is 202 cm³/mol. The number of esters is 2. The SMILES string of the molecule is CCCCC/C=C\CC1OC1C/C=C\C/C=C\CCCC(=O)OC[C@H](COP(=O)(O)O)OC(=O)CCCCCCCCCCCCCCCC. The Morgan fingerprint density at radius 2 is 1.10 bits per heavy atom. The minimum absolute atomic E-state index is 0.187. The molecule has 0 aliphatic carbocycles. The number of ether oxygens (including phenoxy) is 3. The Morgan fingerprint density at radius 1 is 0.620 bits per heavy atom. The van der Waals surface area contributed by atoms with Gasteiger partial charge in [-0.3, -0.25) is 14.1 Å². The average molecular weight is 727 g/mol. The second kappa shape index (κ2) is 31.9. The number of unbranched alkanes of at least 4 members (excludes halogenated alkanes) is 17. The second-order valence-electron chi connectivity index (χ2n) is 13.6. The van der Waals surface area contributed by atoms with Gasteiger partial charge in [0.2, 0.25) is 0 Å². The molecule has 1 aliphatic rings. The van der Waals surface area contributed by atoms with Gasteiger partial charge in [-0.15, -0.1) is 0 Å². The standard InChI is InChI=1S/C40H71O9P/c1-3-5-7-9-11-12-13-14-15-16-17-20-25-29-33-40(42)48-36(35-47-50(43,44)45)34-46-39(41)32-28-24-21-18-19-23-27-31-38-37(49-38)30-26-22-10-8-6-4-2/h18,21-23,26-27,36-38H,3-17,19-20,24-25,28-35H2,1-2H3,(H2,43,44,45)/b21-18-,26-22-,27-23-/t36-,37?,38?/m1/s1. The molecule has 290 valence electrons. The highest BCUT2D eigenvalue weighted by Gasteiger charge is 2.36. The molecular formula is C40H71O9P. The van der Waals surface area contributed by atoms with Gasteiger partial charge in [-0.2, -0.15) is 0 Å². The van der Waals surface area contributed by atoms with Crippen LogP contribution in [0.3, 0.4) is 0 Å². The van der Waals surface area contributed by atoms with Crippen LogP contribution in [-0.4, -0.2) is 53.3 Å². The Kier molecular flexibility index (Phi) is 29.5. The van der Waals surface area contributed by atoms with E-state index in [1.54, 1.807) is 0 Å². The van der Waals surface area contributed by atoms with Crippen molar-refractivity contribution in [2.45, 2.75) is 193 Å². The summed E-state index contributed by atoms with van der Waals surface area (Å²) in [6, 6.07) is 0. The molecule has 1 fully saturated rings. The molecule has 10 heteroatoms. The quantitative estimate of drug-likeness (QED) is 0.0215. The van der Waals surface area contributed by atoms with Crippen LogP contribution in [0.15, 0.2) is 36.5 Å². The van der Waals surface area contributed by atoms with E-state index < -0.39 is 32.5 Å². The monoisotopic (exact) mass is 726 g/mol. The number of hydrogen-bond acceptors (Lipinski definition) is 7. The Bertz CT molecular complexity index is 974. The van der Waals surface area contributed by atoms with E-state index in [0.29, 0.717) is 25.0 Å². The zero-order valence-corrected chi connectivity index (χ0v) is 32.4. The van der Waals surface area contributed by atoms with Crippen molar-refractivity contribution in [1.29, 1.82) is 0 Å². The molecule has 0 bridgehead atoms. The van der Waals surface area contributed by atoms with Crippen molar-refractivity contribution in [2.75, 3.05) is 13.2 Å². The van der Waals surface area contributed by atoms with Crippen LogP contribution >= 0.6 is 7.82 Å². The molecule has 1 aliphatic heterocycles. The molecule has 3 atom stereocenters. The van der Waals surface area contributed by atoms with Gasteiger partial charge in [0, 0.05) is 12.8 Å². The van der Waals surface area contributed by atoms with Gasteiger partial charge >= 0.3 is 19.8 Å². The first-order valence-corrected chi connectivity index (χ1v) is 21.4. The molecule has 0 saturated carbocycles. The maximum absolute atomic E-state index is 12.4. The zero-order chi connectivity index (χ0) is 36.5. The zero-order valence-electron chi connectivity index (χ0n) is 31.5. The van der Waals surface area contributed by atoms with Crippen LogP contribution in [0.25, 0.3) is 0 Å². The first kappa shape index (κ1) is 46.3. The summed E-state index contributed by atoms with van der Waals surface area (Å²) in [5.74, 6) is -0.953. The van der Waals surface area contributed by atoms with Gasteiger partial charge in [-0.1, -0.05) is 147 Å². The molecule has 2 N–H and O–H groups in total. The Morgan fingerprint density at radius 3 is 1.70 bits per heavy atom. The lowest BCUT2D eigenvalue weighted by molar-refractivity contribution is -0.161. The number of allylic oxidation sites excluding steroid dienone is 4. The van der Waals surface area contributed by atoms with Crippen molar-refractivity contribution in [3.63, 3.8) is 0 Å². The molecular weight excluding hydrogens is 655 g/mol. The second-order valence-corrected chi connectivity index (χ2v) is 14.9. The molecule has 0 aromatic carbocycles. The van der Waals surface area contributed by atoms with E-state index in [-0.39, 0.29) is 19.4 Å². The number of rotatable bonds is 35. The fourth-order valence-corrected chi connectivity index (χ4v) is 6.06. The summed E-state index contributed by atoms with van der Waals surface area (Å²) in [5.41, 5.74) is 0. The number of hydrogen-bond donors (Lipinski definition) is 2. The van der Waals surface area contributed by atoms with Crippen LogP contribution < -0.4 is 0 Å². The highest BCUT2D eigenvalue weighted by Crippen LogP contribution is 2.36. The molecule has 0 spiro atoms. The summed E-state index contributed by atoms with van der Waals surface area (Å²) in [4.78, 5) is 42.8. The summed E-state index contributed by atoms with van der Waals surface area (Å²) in [7, 11) is -4.76. The summed E-state index contributed by atoms with van der Waals surface area (Å²) in [5, 5.41) is 0. The summed E-state index contributed by atoms with van der Waals surface area (Å²) in [6.45, 7) is 3.60. The van der Waals surface area contributed by atoms with Gasteiger partial charge in [-0.25, -0.2) is 4.57 Å². The van der Waals surface area contributed by atoms with Gasteiger partial charge < -0.3 is 24.0 Å². The van der Waals surface area contributed by atoms with Crippen LogP contribution in [0.1, 0.15) is 174 Å². The van der Waals surface area contributed by atoms with E-state index in [1.165, 1.54) is 83.5 Å². The number of phosphoric acid groups is 1. The van der Waals surface area contributed by atoms with Crippen LogP contribution in [0.4, 0.5) is 0 Å². The molecule has 9 nitrogen and oxygen atoms in total. The maximum Gasteiger partial charge on any atom is 0.469 e. The summed E-state index contributed by atoms with van der Waals surface area (Å²) in [6.07, 6.45) is 39.0. The highest BCUT2D eigenvalue weighted by molar-refractivity contribution is 7.46. The van der Waals surface area contributed by atoms with Gasteiger partial charge in [0.05, 0.1) is 18.8 Å². The maximum atomic E-state index is 12.4. The average Bonchev–Trinajstić information content (AvgIpc) is 3.84. The van der Waals surface area contributed by atoms with E-state index >= 15 is 0 Å². The van der Waals surface area contributed by atoms with Crippen molar-refractivity contribution < 1.29 is 42.7 Å². The lowest BCUT2D eigenvalue weighted by Crippen LogP contribution is -2.29. The predicted octanol–water partition coefficient (Wildman–Crippen LogP) is 10.8. The van der Waals surface area contributed by atoms with Crippen LogP contribution in [-0.2, 0) is 32.9 Å². The summed E-state index contributed by atoms with van der Waals surface area (Å²) < 4.78 is 32.0. The fraction of sp³-hybridized carbons (Fsp3) is 0.800. The van der Waals surface area contributed by atoms with Gasteiger partial charge in [0.25, 0.3) is 0 Å². The Hall–Kier alpha value is -1.77. The largest absolute Gasteiger partial charge is 0.469 e. The Labute approximate surface area is 304 Å². The minimum atomic E-state index is -4.76. The van der Waals surface area contributed by atoms with Crippen molar-refractivity contribution in [2.24, 2.45) is 0 Å². The topological polar surface area (TPSA) is 132 Å². The Balaban J connectivity index is 2.12. The summed E-state index contributed by atoms with van der Waals surface area (Å²) >= 11 is 0. The van der Waals surface area contributed by atoms with Crippen molar-refractivity contribution >= 4 is 19.8 Å². The van der Waals surface area contributed by atoms with Crippen molar-refractivity contribution in [1.82, 2.24) is 0 Å². The molecule has 2 unspecified atom stereocenters. The van der Waals surface area contributed by atoms with E-state index in [0.717, 1.165) is 51.4 Å². The van der Waals surface area contributed by atoms with E-state index in [4.69, 9.17) is 24.0 Å². The third-order valence-electron chi connectivity index (χ3n) is 8.81. The third kappa shape index (κ3) is 31.0. The molecule has 0 aromatic heterocycles. The normalized spacial score (nSPS) is 16.9. The van der Waals surface area contributed by atoms with E-state index in [1.807, 2.05) is 6.08 Å². The number of carbonyl (C=O) groups excluding carboxylic acids is 2. The van der Waals surface area contributed by atoms with E-state index in [2.05, 4.69) is 48.8 Å². The number of phosphoric ester groups is 1. The van der Waals surface area contributed by atoms with Gasteiger partial charge in [0.15, 0.2) is 6.10 Å². The lowest BCUT2D eigenvalue weighted by atomic mass is 10.0. The first-order valence-electron chi connectivity index (χ1n) is 19.9. The lowest BCUT2D eigenvalue weighted by Gasteiger charge is -2.18. The highest BCUT2D eigenvalue weighted by atomic mass is 31.2. The van der Waals surface area contributed by atoms with Crippen LogP contribution in [0, 0.1) is 0 Å². The molecule has 1 heterocycles. The molecule has 1 rings (SSSR count).